The van der Waals surface area contributed by atoms with E-state index in [1.54, 1.807) is 0 Å². The molecule has 0 saturated carbocycles. The van der Waals surface area contributed by atoms with Crippen molar-refractivity contribution in [2.24, 2.45) is 7.05 Å². The maximum atomic E-state index is 11.9. The van der Waals surface area contributed by atoms with Gasteiger partial charge >= 0.3 is 12.4 Å². The summed E-state index contributed by atoms with van der Waals surface area (Å²) in [5.74, 6) is 0.532. The monoisotopic (exact) mass is 223 g/mol. The van der Waals surface area contributed by atoms with E-state index in [0.717, 1.165) is 6.42 Å². The Morgan fingerprint density at radius 3 is 2.47 bits per heavy atom. The van der Waals surface area contributed by atoms with Gasteiger partial charge in [-0.3, -0.25) is 4.57 Å². The summed E-state index contributed by atoms with van der Waals surface area (Å²) < 4.78 is 40.6. The number of aromatic nitrogens is 3. The summed E-state index contributed by atoms with van der Waals surface area (Å²) in [5.41, 5.74) is 0. The van der Waals surface area contributed by atoms with Crippen molar-refractivity contribution < 1.29 is 17.9 Å². The fraction of sp³-hybridized carbons (Fsp3) is 0.750. The van der Waals surface area contributed by atoms with Gasteiger partial charge in [0.05, 0.1) is 0 Å². The molecule has 0 spiro atoms. The summed E-state index contributed by atoms with van der Waals surface area (Å²) in [5, 5.41) is 7.00. The summed E-state index contributed by atoms with van der Waals surface area (Å²) in [4.78, 5) is 0. The third-order valence-corrected chi connectivity index (χ3v) is 2.13. The van der Waals surface area contributed by atoms with Crippen LogP contribution in [0.2, 0.25) is 0 Å². The summed E-state index contributed by atoms with van der Waals surface area (Å²) in [6, 6.07) is -0.530. The predicted molar refractivity (Wildman–Crippen MR) is 46.4 cm³/mol. The van der Waals surface area contributed by atoms with Gasteiger partial charge in [-0.05, 0) is 6.42 Å². The molecule has 1 aromatic heterocycles. The van der Waals surface area contributed by atoms with Crippen molar-refractivity contribution in [2.75, 3.05) is 0 Å². The van der Waals surface area contributed by atoms with Crippen LogP contribution in [0.25, 0.3) is 0 Å². The molecular weight excluding hydrogens is 211 g/mol. The summed E-state index contributed by atoms with van der Waals surface area (Å²) >= 11 is 0. The minimum Gasteiger partial charge on any atom is -0.371 e. The van der Waals surface area contributed by atoms with Gasteiger partial charge in [0.2, 0.25) is 0 Å². The van der Waals surface area contributed by atoms with Crippen molar-refractivity contribution in [3.63, 3.8) is 0 Å². The van der Waals surface area contributed by atoms with Gasteiger partial charge in [0.15, 0.2) is 0 Å². The minimum atomic E-state index is -4.73. The normalized spacial score (nSPS) is 14.0. The molecule has 0 N–H and O–H groups in total. The minimum absolute atomic E-state index is 0.0492. The van der Waals surface area contributed by atoms with Crippen LogP contribution in [0.4, 0.5) is 13.2 Å². The first-order valence-electron chi connectivity index (χ1n) is 4.50. The molecule has 0 radical (unpaired) electrons. The molecule has 0 saturated heterocycles. The van der Waals surface area contributed by atoms with Crippen molar-refractivity contribution in [3.8, 4) is 6.01 Å². The topological polar surface area (TPSA) is 39.9 Å². The van der Waals surface area contributed by atoms with Gasteiger partial charge < -0.3 is 4.74 Å². The number of ether oxygens (including phenoxy) is 1. The molecule has 1 heterocycles. The Morgan fingerprint density at radius 2 is 2.00 bits per heavy atom. The zero-order valence-electron chi connectivity index (χ0n) is 8.67. The second kappa shape index (κ2) is 4.08. The van der Waals surface area contributed by atoms with Crippen molar-refractivity contribution in [1.82, 2.24) is 14.8 Å². The van der Waals surface area contributed by atoms with Gasteiger partial charge in [-0.25, -0.2) is 0 Å². The van der Waals surface area contributed by atoms with E-state index in [0.29, 0.717) is 5.82 Å². The lowest BCUT2D eigenvalue weighted by Gasteiger charge is -2.10. The van der Waals surface area contributed by atoms with E-state index in [2.05, 4.69) is 14.9 Å². The molecule has 15 heavy (non-hydrogen) atoms. The molecule has 0 aromatic carbocycles. The van der Waals surface area contributed by atoms with E-state index in [1.165, 1.54) is 11.6 Å². The Balaban J connectivity index is 2.89. The van der Waals surface area contributed by atoms with Gasteiger partial charge in [0.25, 0.3) is 0 Å². The molecule has 4 nitrogen and oxygen atoms in total. The van der Waals surface area contributed by atoms with E-state index >= 15 is 0 Å². The molecule has 86 valence electrons. The lowest BCUT2D eigenvalue weighted by Crippen LogP contribution is -2.19. The predicted octanol–water partition coefficient (Wildman–Crippen LogP) is 2.23. The van der Waals surface area contributed by atoms with Crippen molar-refractivity contribution in [2.45, 2.75) is 32.5 Å². The van der Waals surface area contributed by atoms with Crippen LogP contribution in [0.15, 0.2) is 0 Å². The van der Waals surface area contributed by atoms with Crippen LogP contribution in [-0.2, 0) is 7.05 Å². The zero-order chi connectivity index (χ0) is 11.6. The third kappa shape index (κ3) is 2.84. The zero-order valence-corrected chi connectivity index (χ0v) is 8.67. The highest BCUT2D eigenvalue weighted by atomic mass is 19.4. The number of hydrogen-bond acceptors (Lipinski definition) is 3. The Labute approximate surface area is 85.1 Å². The molecule has 0 amide bonds. The number of rotatable bonds is 3. The largest absolute Gasteiger partial charge is 0.575 e. The average molecular weight is 223 g/mol. The number of nitrogens with zero attached hydrogens (tertiary/aromatic N) is 3. The van der Waals surface area contributed by atoms with Crippen LogP contribution in [0.5, 0.6) is 6.01 Å². The van der Waals surface area contributed by atoms with Gasteiger partial charge in [0, 0.05) is 13.0 Å². The fourth-order valence-corrected chi connectivity index (χ4v) is 1.13. The molecule has 0 bridgehead atoms. The van der Waals surface area contributed by atoms with E-state index < -0.39 is 12.4 Å². The quantitative estimate of drug-likeness (QED) is 0.788. The standard InChI is InChI=1S/C8H12F3N3O/c1-4-5(2)6-12-13-7(14(6)3)15-8(9,10)11/h5H,4H2,1-3H3/t5-/m1/s1. The van der Waals surface area contributed by atoms with Crippen LogP contribution >= 0.6 is 0 Å². The van der Waals surface area contributed by atoms with Crippen LogP contribution < -0.4 is 4.74 Å². The Hall–Kier alpha value is -1.27. The first kappa shape index (κ1) is 11.8. The lowest BCUT2D eigenvalue weighted by atomic mass is 10.1. The van der Waals surface area contributed by atoms with Crippen LogP contribution in [0.3, 0.4) is 0 Å². The molecule has 7 heteroatoms. The van der Waals surface area contributed by atoms with Gasteiger partial charge in [-0.1, -0.05) is 18.9 Å². The van der Waals surface area contributed by atoms with E-state index in [-0.39, 0.29) is 5.92 Å². The summed E-state index contributed by atoms with van der Waals surface area (Å²) in [6.45, 7) is 3.78. The maximum Gasteiger partial charge on any atom is 0.575 e. The molecule has 0 aliphatic carbocycles. The van der Waals surface area contributed by atoms with Crippen LogP contribution in [0, 0.1) is 0 Å². The SMILES string of the molecule is CC[C@@H](C)c1nnc(OC(F)(F)F)n1C. The first-order valence-corrected chi connectivity index (χ1v) is 4.50. The molecule has 0 unspecified atom stereocenters. The summed E-state index contributed by atoms with van der Waals surface area (Å²) in [6.07, 6.45) is -3.95. The van der Waals surface area contributed by atoms with E-state index in [1.807, 2.05) is 13.8 Å². The smallest absolute Gasteiger partial charge is 0.371 e. The fourth-order valence-electron chi connectivity index (χ4n) is 1.13. The summed E-state index contributed by atoms with van der Waals surface area (Å²) in [7, 11) is 1.45. The number of hydrogen-bond donors (Lipinski definition) is 0. The second-order valence-electron chi connectivity index (χ2n) is 3.26. The Kier molecular flexibility index (Phi) is 3.21. The van der Waals surface area contributed by atoms with Crippen LogP contribution in [-0.4, -0.2) is 21.1 Å². The van der Waals surface area contributed by atoms with Crippen molar-refractivity contribution >= 4 is 0 Å². The first-order chi connectivity index (χ1) is 6.85. The average Bonchev–Trinajstić information content (AvgIpc) is 2.45. The van der Waals surface area contributed by atoms with Crippen molar-refractivity contribution in [3.05, 3.63) is 5.82 Å². The highest BCUT2D eigenvalue weighted by Gasteiger charge is 2.34. The van der Waals surface area contributed by atoms with Gasteiger partial charge in [-0.15, -0.1) is 18.3 Å². The Bertz CT molecular complexity index is 334. The Morgan fingerprint density at radius 1 is 1.40 bits per heavy atom. The highest BCUT2D eigenvalue weighted by Crippen LogP contribution is 2.24. The van der Waals surface area contributed by atoms with Gasteiger partial charge in [-0.2, -0.15) is 0 Å². The number of alkyl halides is 3. The van der Waals surface area contributed by atoms with Crippen molar-refractivity contribution in [1.29, 1.82) is 0 Å². The van der Waals surface area contributed by atoms with E-state index in [4.69, 9.17) is 0 Å². The van der Waals surface area contributed by atoms with E-state index in [9.17, 15) is 13.2 Å². The molecule has 0 fully saturated rings. The number of halogens is 3. The molecule has 0 aliphatic heterocycles. The molecule has 1 rings (SSSR count). The molecule has 1 atom stereocenters. The van der Waals surface area contributed by atoms with Crippen LogP contribution in [0.1, 0.15) is 32.0 Å². The maximum absolute atomic E-state index is 11.9. The van der Waals surface area contributed by atoms with Gasteiger partial charge in [0.1, 0.15) is 5.82 Å². The molecule has 0 aliphatic rings. The third-order valence-electron chi connectivity index (χ3n) is 2.13. The second-order valence-corrected chi connectivity index (χ2v) is 3.26. The molecular formula is C8H12F3N3O. The molecule has 1 aromatic rings. The lowest BCUT2D eigenvalue weighted by molar-refractivity contribution is -0.278. The highest BCUT2D eigenvalue weighted by molar-refractivity contribution is 5.04.